The molecule has 19 heavy (non-hydrogen) atoms. The summed E-state index contributed by atoms with van der Waals surface area (Å²) in [5.74, 6) is -0.142. The average molecular weight is 264 g/mol. The molecule has 0 amide bonds. The standard InChI is InChI=1S/C15H20O4/c1-8-9-6-12-14(2,19-12)5-4-11-15(3,18-11)7-10(9)17-13(8)16/h9-12H,1,4-7H2,2-3H3/t9-,10+,11+,12-,14+,15+/m0/s1. The first kappa shape index (κ1) is 11.9. The van der Waals surface area contributed by atoms with Gasteiger partial charge in [0, 0.05) is 17.9 Å². The first-order valence-electron chi connectivity index (χ1n) is 7.17. The fourth-order valence-electron chi connectivity index (χ4n) is 3.84. The molecule has 1 saturated carbocycles. The van der Waals surface area contributed by atoms with Gasteiger partial charge in [-0.05, 0) is 33.1 Å². The summed E-state index contributed by atoms with van der Waals surface area (Å²) in [6.45, 7) is 8.20. The van der Waals surface area contributed by atoms with Crippen LogP contribution in [-0.4, -0.2) is 35.5 Å². The average Bonchev–Trinajstić information content (AvgIpc) is 3.15. The Labute approximate surface area is 113 Å². The molecule has 0 N–H and O–H groups in total. The molecule has 4 nitrogen and oxygen atoms in total. The Morgan fingerprint density at radius 2 is 1.95 bits per heavy atom. The van der Waals surface area contributed by atoms with Gasteiger partial charge in [-0.25, -0.2) is 4.79 Å². The van der Waals surface area contributed by atoms with E-state index in [2.05, 4.69) is 20.4 Å². The minimum Gasteiger partial charge on any atom is -0.458 e. The van der Waals surface area contributed by atoms with E-state index in [1.807, 2.05) is 0 Å². The van der Waals surface area contributed by atoms with E-state index in [0.717, 1.165) is 25.7 Å². The number of epoxide rings is 2. The van der Waals surface area contributed by atoms with Crippen LogP contribution in [0.25, 0.3) is 0 Å². The van der Waals surface area contributed by atoms with Crippen LogP contribution in [0.15, 0.2) is 12.2 Å². The third kappa shape index (κ3) is 1.69. The van der Waals surface area contributed by atoms with E-state index >= 15 is 0 Å². The normalized spacial score (nSPS) is 55.7. The van der Waals surface area contributed by atoms with E-state index in [1.54, 1.807) is 0 Å². The maximum atomic E-state index is 11.8. The smallest absolute Gasteiger partial charge is 0.334 e. The summed E-state index contributed by atoms with van der Waals surface area (Å²) in [4.78, 5) is 11.8. The topological polar surface area (TPSA) is 51.4 Å². The number of hydrogen-bond donors (Lipinski definition) is 0. The maximum Gasteiger partial charge on any atom is 0.334 e. The van der Waals surface area contributed by atoms with Gasteiger partial charge in [-0.1, -0.05) is 6.58 Å². The van der Waals surface area contributed by atoms with Crippen molar-refractivity contribution in [2.75, 3.05) is 0 Å². The van der Waals surface area contributed by atoms with Crippen molar-refractivity contribution in [1.82, 2.24) is 0 Å². The summed E-state index contributed by atoms with van der Waals surface area (Å²) in [6.07, 6.45) is 4.17. The van der Waals surface area contributed by atoms with Crippen LogP contribution >= 0.6 is 0 Å². The summed E-state index contributed by atoms with van der Waals surface area (Å²) < 4.78 is 17.2. The largest absolute Gasteiger partial charge is 0.458 e. The van der Waals surface area contributed by atoms with Crippen molar-refractivity contribution < 1.29 is 19.0 Å². The molecule has 3 saturated heterocycles. The van der Waals surface area contributed by atoms with Gasteiger partial charge in [0.05, 0.1) is 23.4 Å². The highest BCUT2D eigenvalue weighted by molar-refractivity contribution is 5.90. The molecule has 1 aliphatic carbocycles. The Balaban J connectivity index is 1.62. The highest BCUT2D eigenvalue weighted by Crippen LogP contribution is 2.53. The van der Waals surface area contributed by atoms with Crippen LogP contribution in [0.4, 0.5) is 0 Å². The highest BCUT2D eigenvalue weighted by Gasteiger charge is 2.61. The second-order valence-electron chi connectivity index (χ2n) is 6.89. The number of rotatable bonds is 0. The van der Waals surface area contributed by atoms with E-state index < -0.39 is 0 Å². The minimum absolute atomic E-state index is 0.0271. The van der Waals surface area contributed by atoms with Gasteiger partial charge in [-0.2, -0.15) is 0 Å². The number of carbonyl (C=O) groups is 1. The summed E-state index contributed by atoms with van der Waals surface area (Å²) in [5, 5.41) is 0. The number of ether oxygens (including phenoxy) is 3. The summed E-state index contributed by atoms with van der Waals surface area (Å²) in [5.41, 5.74) is 0.469. The lowest BCUT2D eigenvalue weighted by Crippen LogP contribution is -2.28. The molecule has 104 valence electrons. The van der Waals surface area contributed by atoms with Crippen LogP contribution in [0, 0.1) is 5.92 Å². The van der Waals surface area contributed by atoms with Gasteiger partial charge >= 0.3 is 5.97 Å². The number of esters is 1. The molecule has 0 radical (unpaired) electrons. The molecule has 0 aromatic rings. The van der Waals surface area contributed by atoms with E-state index in [9.17, 15) is 4.79 Å². The van der Waals surface area contributed by atoms with Crippen molar-refractivity contribution in [2.45, 2.75) is 69.0 Å². The van der Waals surface area contributed by atoms with Crippen LogP contribution in [0.5, 0.6) is 0 Å². The summed E-state index contributed by atoms with van der Waals surface area (Å²) >= 11 is 0. The van der Waals surface area contributed by atoms with Gasteiger partial charge in [0.15, 0.2) is 0 Å². The van der Waals surface area contributed by atoms with Crippen LogP contribution in [0.2, 0.25) is 0 Å². The Bertz CT molecular complexity index is 473. The van der Waals surface area contributed by atoms with Gasteiger partial charge in [-0.15, -0.1) is 0 Å². The highest BCUT2D eigenvalue weighted by atomic mass is 16.6. The van der Waals surface area contributed by atoms with Crippen molar-refractivity contribution in [3.05, 3.63) is 12.2 Å². The Morgan fingerprint density at radius 3 is 2.74 bits per heavy atom. The second kappa shape index (κ2) is 3.41. The van der Waals surface area contributed by atoms with Crippen molar-refractivity contribution >= 4 is 5.97 Å². The van der Waals surface area contributed by atoms with E-state index in [4.69, 9.17) is 14.2 Å². The lowest BCUT2D eigenvalue weighted by atomic mass is 9.81. The monoisotopic (exact) mass is 264 g/mol. The number of fused-ring (bicyclic) bond motifs is 3. The van der Waals surface area contributed by atoms with Gasteiger partial charge < -0.3 is 14.2 Å². The molecule has 4 aliphatic rings. The lowest BCUT2D eigenvalue weighted by molar-refractivity contribution is -0.139. The second-order valence-corrected chi connectivity index (χ2v) is 6.89. The Morgan fingerprint density at radius 1 is 1.21 bits per heavy atom. The zero-order valence-corrected chi connectivity index (χ0v) is 11.5. The number of hydrogen-bond acceptors (Lipinski definition) is 4. The molecule has 4 rings (SSSR count). The molecule has 0 bridgehead atoms. The maximum absolute atomic E-state index is 11.8. The molecule has 4 heteroatoms. The van der Waals surface area contributed by atoms with Crippen LogP contribution in [-0.2, 0) is 19.0 Å². The molecular formula is C15H20O4. The molecule has 3 aliphatic heterocycles. The zero-order valence-electron chi connectivity index (χ0n) is 11.5. The van der Waals surface area contributed by atoms with Crippen molar-refractivity contribution in [2.24, 2.45) is 5.92 Å². The number of carbonyl (C=O) groups excluding carboxylic acids is 1. The molecule has 6 atom stereocenters. The zero-order chi connectivity index (χ0) is 13.4. The quantitative estimate of drug-likeness (QED) is 0.381. The Kier molecular flexibility index (Phi) is 2.14. The minimum atomic E-state index is -0.239. The summed E-state index contributed by atoms with van der Waals surface area (Å²) in [7, 11) is 0. The fraction of sp³-hybridized carbons (Fsp3) is 0.800. The van der Waals surface area contributed by atoms with Gasteiger partial charge in [0.1, 0.15) is 6.10 Å². The predicted octanol–water partition coefficient (Wildman–Crippen LogP) is 1.97. The lowest BCUT2D eigenvalue weighted by Gasteiger charge is -2.21. The first-order chi connectivity index (χ1) is 8.91. The first-order valence-corrected chi connectivity index (χ1v) is 7.17. The van der Waals surface area contributed by atoms with Crippen molar-refractivity contribution in [1.29, 1.82) is 0 Å². The molecule has 4 fully saturated rings. The van der Waals surface area contributed by atoms with E-state index in [1.165, 1.54) is 0 Å². The van der Waals surface area contributed by atoms with E-state index in [0.29, 0.717) is 11.7 Å². The molecule has 0 aromatic heterocycles. The SMILES string of the molecule is C=C1C(=O)O[C@@H]2C[C@@]3(C)O[C@@H]3CC[C@@]3(C)O[C@H]3C[C@@H]12. The van der Waals surface area contributed by atoms with Crippen LogP contribution in [0.3, 0.4) is 0 Å². The molecule has 3 heterocycles. The molecule has 0 aromatic carbocycles. The van der Waals surface area contributed by atoms with Gasteiger partial charge in [-0.3, -0.25) is 0 Å². The van der Waals surface area contributed by atoms with Gasteiger partial charge in [0.2, 0.25) is 0 Å². The van der Waals surface area contributed by atoms with Crippen LogP contribution in [0.1, 0.15) is 39.5 Å². The van der Waals surface area contributed by atoms with Crippen LogP contribution < -0.4 is 0 Å². The third-order valence-corrected chi connectivity index (χ3v) is 5.47. The predicted molar refractivity (Wildman–Crippen MR) is 67.5 cm³/mol. The van der Waals surface area contributed by atoms with Gasteiger partial charge in [0.25, 0.3) is 0 Å². The molecular weight excluding hydrogens is 244 g/mol. The van der Waals surface area contributed by atoms with E-state index in [-0.39, 0.29) is 35.3 Å². The Hall–Kier alpha value is -0.870. The third-order valence-electron chi connectivity index (χ3n) is 5.47. The summed E-state index contributed by atoms with van der Waals surface area (Å²) in [6, 6.07) is 0. The van der Waals surface area contributed by atoms with Crippen molar-refractivity contribution in [3.63, 3.8) is 0 Å². The van der Waals surface area contributed by atoms with Crippen molar-refractivity contribution in [3.8, 4) is 0 Å². The molecule has 0 spiro atoms. The fourth-order valence-corrected chi connectivity index (χ4v) is 3.84. The molecule has 0 unspecified atom stereocenters.